The molecule has 38 heavy (non-hydrogen) atoms. The Morgan fingerprint density at radius 3 is 2.37 bits per heavy atom. The SMILES string of the molecule is CN(c1ccc(OCC(=O)OCC(=O)Nc2ncc(Cl)cc2Cl)cc1)S(=O)(=O)c1ccc2ccccc2c1. The van der Waals surface area contributed by atoms with Crippen molar-refractivity contribution in [3.05, 3.63) is 89.0 Å². The number of hydrogen-bond acceptors (Lipinski definition) is 7. The number of carbonyl (C=O) groups is 2. The number of pyridine rings is 1. The Bertz CT molecular complexity index is 1600. The van der Waals surface area contributed by atoms with E-state index >= 15 is 0 Å². The lowest BCUT2D eigenvalue weighted by molar-refractivity contribution is -0.149. The number of amides is 1. The van der Waals surface area contributed by atoms with Crippen molar-refractivity contribution >= 4 is 67.4 Å². The predicted molar refractivity (Wildman–Crippen MR) is 145 cm³/mol. The smallest absolute Gasteiger partial charge is 0.344 e. The van der Waals surface area contributed by atoms with Gasteiger partial charge in [0, 0.05) is 13.2 Å². The molecule has 0 atom stereocenters. The van der Waals surface area contributed by atoms with Crippen LogP contribution in [0.3, 0.4) is 0 Å². The Labute approximate surface area is 228 Å². The number of anilines is 2. The number of nitrogens with one attached hydrogen (secondary N) is 1. The molecular formula is C26H21Cl2N3O6S. The van der Waals surface area contributed by atoms with Gasteiger partial charge in [-0.2, -0.15) is 0 Å². The zero-order valence-electron chi connectivity index (χ0n) is 19.9. The second kappa shape index (κ2) is 11.7. The van der Waals surface area contributed by atoms with E-state index in [-0.39, 0.29) is 15.7 Å². The van der Waals surface area contributed by atoms with Crippen LogP contribution < -0.4 is 14.4 Å². The summed E-state index contributed by atoms with van der Waals surface area (Å²) in [5.41, 5.74) is 0.402. The van der Waals surface area contributed by atoms with Gasteiger partial charge in [0.15, 0.2) is 19.0 Å². The van der Waals surface area contributed by atoms with Crippen LogP contribution in [0.4, 0.5) is 11.5 Å². The van der Waals surface area contributed by atoms with Crippen LogP contribution in [0.5, 0.6) is 5.75 Å². The Hall–Kier alpha value is -3.86. The molecule has 1 heterocycles. The number of sulfonamides is 1. The number of fused-ring (bicyclic) bond motifs is 1. The van der Waals surface area contributed by atoms with Gasteiger partial charge in [0.1, 0.15) is 5.75 Å². The van der Waals surface area contributed by atoms with Crippen molar-refractivity contribution in [2.75, 3.05) is 29.9 Å². The van der Waals surface area contributed by atoms with E-state index in [1.54, 1.807) is 30.3 Å². The minimum atomic E-state index is -3.80. The highest BCUT2D eigenvalue weighted by atomic mass is 35.5. The highest BCUT2D eigenvalue weighted by Gasteiger charge is 2.22. The number of carbonyl (C=O) groups excluding carboxylic acids is 2. The van der Waals surface area contributed by atoms with Crippen molar-refractivity contribution in [3.8, 4) is 5.75 Å². The van der Waals surface area contributed by atoms with Gasteiger partial charge >= 0.3 is 5.97 Å². The molecule has 0 saturated heterocycles. The third-order valence-electron chi connectivity index (χ3n) is 5.37. The number of benzene rings is 3. The second-order valence-corrected chi connectivity index (χ2v) is 10.8. The maximum Gasteiger partial charge on any atom is 0.344 e. The van der Waals surface area contributed by atoms with Crippen molar-refractivity contribution in [2.45, 2.75) is 4.90 Å². The molecule has 0 saturated carbocycles. The zero-order chi connectivity index (χ0) is 27.3. The Morgan fingerprint density at radius 1 is 0.947 bits per heavy atom. The quantitative estimate of drug-likeness (QED) is 0.282. The summed E-state index contributed by atoms with van der Waals surface area (Å²) in [6.07, 6.45) is 1.31. The van der Waals surface area contributed by atoms with Gasteiger partial charge in [-0.15, -0.1) is 0 Å². The second-order valence-electron chi connectivity index (χ2n) is 7.96. The molecule has 0 fully saturated rings. The average molecular weight is 574 g/mol. The molecule has 1 aromatic heterocycles. The van der Waals surface area contributed by atoms with Crippen LogP contribution in [-0.2, 0) is 24.3 Å². The molecule has 0 bridgehead atoms. The van der Waals surface area contributed by atoms with E-state index in [1.807, 2.05) is 24.3 Å². The van der Waals surface area contributed by atoms with Crippen LogP contribution in [0.15, 0.2) is 83.9 Å². The first-order valence-corrected chi connectivity index (χ1v) is 13.3. The van der Waals surface area contributed by atoms with Crippen molar-refractivity contribution in [3.63, 3.8) is 0 Å². The molecule has 0 aliphatic heterocycles. The van der Waals surface area contributed by atoms with E-state index in [2.05, 4.69) is 10.3 Å². The Morgan fingerprint density at radius 2 is 1.66 bits per heavy atom. The molecule has 0 unspecified atom stereocenters. The lowest BCUT2D eigenvalue weighted by Crippen LogP contribution is -2.26. The fraction of sp³-hybridized carbons (Fsp3) is 0.115. The van der Waals surface area contributed by atoms with Crippen LogP contribution >= 0.6 is 23.2 Å². The van der Waals surface area contributed by atoms with Crippen LogP contribution in [0.1, 0.15) is 0 Å². The Balaban J connectivity index is 1.29. The number of halogens is 2. The molecule has 196 valence electrons. The fourth-order valence-electron chi connectivity index (χ4n) is 3.38. The largest absolute Gasteiger partial charge is 0.482 e. The zero-order valence-corrected chi connectivity index (χ0v) is 22.3. The van der Waals surface area contributed by atoms with Gasteiger partial charge in [-0.05, 0) is 53.2 Å². The summed E-state index contributed by atoms with van der Waals surface area (Å²) in [5.74, 6) is -1.03. The molecule has 0 aliphatic carbocycles. The summed E-state index contributed by atoms with van der Waals surface area (Å²) in [6.45, 7) is -1.03. The van der Waals surface area contributed by atoms with E-state index in [0.29, 0.717) is 16.5 Å². The number of hydrogen-bond donors (Lipinski definition) is 1. The first-order valence-electron chi connectivity index (χ1n) is 11.1. The highest BCUT2D eigenvalue weighted by molar-refractivity contribution is 7.92. The van der Waals surface area contributed by atoms with E-state index in [0.717, 1.165) is 15.1 Å². The topological polar surface area (TPSA) is 115 Å². The first kappa shape index (κ1) is 27.2. The van der Waals surface area contributed by atoms with Gasteiger partial charge in [0.25, 0.3) is 15.9 Å². The van der Waals surface area contributed by atoms with E-state index < -0.39 is 35.1 Å². The fourth-order valence-corrected chi connectivity index (χ4v) is 5.04. The van der Waals surface area contributed by atoms with Crippen molar-refractivity contribution in [1.29, 1.82) is 0 Å². The molecule has 12 heteroatoms. The van der Waals surface area contributed by atoms with Crippen molar-refractivity contribution in [1.82, 2.24) is 4.98 Å². The predicted octanol–water partition coefficient (Wildman–Crippen LogP) is 4.93. The lowest BCUT2D eigenvalue weighted by atomic mass is 10.1. The van der Waals surface area contributed by atoms with Gasteiger partial charge in [-0.25, -0.2) is 18.2 Å². The molecule has 4 rings (SSSR count). The molecule has 0 radical (unpaired) electrons. The number of ether oxygens (including phenoxy) is 2. The van der Waals surface area contributed by atoms with Crippen molar-refractivity contribution in [2.24, 2.45) is 0 Å². The molecular weight excluding hydrogens is 553 g/mol. The van der Waals surface area contributed by atoms with Gasteiger partial charge in [-0.1, -0.05) is 53.5 Å². The normalized spacial score (nSPS) is 11.1. The van der Waals surface area contributed by atoms with Crippen LogP contribution in [0.25, 0.3) is 10.8 Å². The summed E-state index contributed by atoms with van der Waals surface area (Å²) in [4.78, 5) is 28.0. The molecule has 1 N–H and O–H groups in total. The number of esters is 1. The molecule has 3 aromatic carbocycles. The highest BCUT2D eigenvalue weighted by Crippen LogP contribution is 2.27. The summed E-state index contributed by atoms with van der Waals surface area (Å²) < 4.78 is 37.7. The van der Waals surface area contributed by atoms with Crippen LogP contribution in [-0.4, -0.2) is 45.5 Å². The third kappa shape index (κ3) is 6.52. The van der Waals surface area contributed by atoms with Gasteiger partial charge in [0.2, 0.25) is 0 Å². The standard InChI is InChI=1S/C26H21Cl2N3O6S/c1-31(38(34,35)22-11-6-17-4-2-3-5-18(17)12-22)20-7-9-21(10-8-20)36-16-25(33)37-15-24(32)30-26-23(28)13-19(27)14-29-26/h2-14H,15-16H2,1H3,(H,29,30,32). The third-order valence-corrected chi connectivity index (χ3v) is 7.64. The molecule has 0 aliphatic rings. The summed E-state index contributed by atoms with van der Waals surface area (Å²) >= 11 is 11.7. The monoisotopic (exact) mass is 573 g/mol. The molecule has 1 amide bonds. The van der Waals surface area contributed by atoms with Gasteiger partial charge < -0.3 is 14.8 Å². The van der Waals surface area contributed by atoms with Crippen LogP contribution in [0.2, 0.25) is 10.0 Å². The minimum Gasteiger partial charge on any atom is -0.482 e. The molecule has 4 aromatic rings. The number of nitrogens with zero attached hydrogens (tertiary/aromatic N) is 2. The van der Waals surface area contributed by atoms with E-state index in [1.165, 1.54) is 31.4 Å². The Kier molecular flexibility index (Phi) is 8.35. The van der Waals surface area contributed by atoms with Gasteiger partial charge in [0.05, 0.1) is 20.6 Å². The summed E-state index contributed by atoms with van der Waals surface area (Å²) in [6, 6.07) is 20.0. The van der Waals surface area contributed by atoms with Gasteiger partial charge in [-0.3, -0.25) is 9.10 Å². The minimum absolute atomic E-state index is 0.0843. The van der Waals surface area contributed by atoms with E-state index in [4.69, 9.17) is 32.7 Å². The average Bonchev–Trinajstić information content (AvgIpc) is 2.92. The maximum atomic E-state index is 13.1. The summed E-state index contributed by atoms with van der Waals surface area (Å²) in [5, 5.41) is 4.61. The van der Waals surface area contributed by atoms with Crippen LogP contribution in [0, 0.1) is 0 Å². The molecule has 9 nitrogen and oxygen atoms in total. The molecule has 0 spiro atoms. The summed E-state index contributed by atoms with van der Waals surface area (Å²) in [7, 11) is -2.35. The first-order chi connectivity index (χ1) is 18.1. The lowest BCUT2D eigenvalue weighted by Gasteiger charge is -2.20. The number of rotatable bonds is 9. The van der Waals surface area contributed by atoms with Crippen molar-refractivity contribution < 1.29 is 27.5 Å². The number of aromatic nitrogens is 1. The maximum absolute atomic E-state index is 13.1. The van der Waals surface area contributed by atoms with E-state index in [9.17, 15) is 18.0 Å².